The molecule has 1 aromatic carbocycles. The highest BCUT2D eigenvalue weighted by Gasteiger charge is 2.33. The second kappa shape index (κ2) is 5.77. The van der Waals surface area contributed by atoms with Gasteiger partial charge in [0.05, 0.1) is 12.7 Å². The van der Waals surface area contributed by atoms with E-state index < -0.39 is 34.9 Å². The molecule has 4 nitrogen and oxygen atoms in total. The third-order valence-corrected chi connectivity index (χ3v) is 2.72. The van der Waals surface area contributed by atoms with Crippen LogP contribution in [0.15, 0.2) is 18.2 Å². The summed E-state index contributed by atoms with van der Waals surface area (Å²) in [5.74, 6) is -1.12. The lowest BCUT2D eigenvalue weighted by Crippen LogP contribution is -2.29. The lowest BCUT2D eigenvalue weighted by Gasteiger charge is -2.18. The minimum atomic E-state index is -4.58. The van der Waals surface area contributed by atoms with Crippen LogP contribution in [-0.4, -0.2) is 29.4 Å². The van der Waals surface area contributed by atoms with Crippen molar-refractivity contribution in [2.24, 2.45) is 0 Å². The number of esters is 1. The molecule has 0 aromatic heterocycles. The summed E-state index contributed by atoms with van der Waals surface area (Å²) in [5, 5.41) is 18.6. The van der Waals surface area contributed by atoms with E-state index in [-0.39, 0.29) is 5.56 Å². The predicted octanol–water partition coefficient (Wildman–Crippen LogP) is 1.93. The molecule has 0 saturated heterocycles. The summed E-state index contributed by atoms with van der Waals surface area (Å²) in [5.41, 5.74) is -1.20. The Balaban J connectivity index is 3.06. The fourth-order valence-electron chi connectivity index (χ4n) is 1.36. The minimum Gasteiger partial charge on any atom is -0.467 e. The van der Waals surface area contributed by atoms with Gasteiger partial charge in [0.1, 0.15) is 6.10 Å². The third kappa shape index (κ3) is 3.59. The Labute approximate surface area is 111 Å². The molecule has 0 amide bonds. The number of aliphatic hydroxyl groups excluding tert-OH is 2. The molecule has 2 unspecified atom stereocenters. The van der Waals surface area contributed by atoms with E-state index in [4.69, 9.17) is 11.6 Å². The molecule has 106 valence electrons. The normalized spacial score (nSPS) is 14.9. The average Bonchev–Trinajstić information content (AvgIpc) is 2.34. The van der Waals surface area contributed by atoms with E-state index in [1.54, 1.807) is 0 Å². The van der Waals surface area contributed by atoms with Crippen LogP contribution in [0.25, 0.3) is 0 Å². The number of methoxy groups -OCH3 is 1. The molecule has 1 aromatic rings. The molecule has 2 atom stereocenters. The van der Waals surface area contributed by atoms with E-state index in [1.165, 1.54) is 0 Å². The van der Waals surface area contributed by atoms with Gasteiger partial charge in [0.2, 0.25) is 0 Å². The fraction of sp³-hybridized carbons (Fsp3) is 0.364. The van der Waals surface area contributed by atoms with Crippen LogP contribution in [0, 0.1) is 0 Å². The average molecular weight is 299 g/mol. The van der Waals surface area contributed by atoms with E-state index in [1.807, 2.05) is 0 Å². The molecule has 2 N–H and O–H groups in total. The van der Waals surface area contributed by atoms with Gasteiger partial charge in [0.25, 0.3) is 0 Å². The number of hydrogen-bond acceptors (Lipinski definition) is 4. The van der Waals surface area contributed by atoms with Gasteiger partial charge in [-0.2, -0.15) is 13.2 Å². The Hall–Kier alpha value is -1.31. The number of ether oxygens (including phenoxy) is 1. The van der Waals surface area contributed by atoms with E-state index in [0.717, 1.165) is 13.2 Å². The van der Waals surface area contributed by atoms with Crippen molar-refractivity contribution in [1.29, 1.82) is 0 Å². The first-order chi connectivity index (χ1) is 8.68. The lowest BCUT2D eigenvalue weighted by atomic mass is 10.0. The van der Waals surface area contributed by atoms with Gasteiger partial charge in [-0.15, -0.1) is 0 Å². The molecule has 0 fully saturated rings. The molecular weight excluding hydrogens is 289 g/mol. The summed E-state index contributed by atoms with van der Waals surface area (Å²) in [7, 11) is 0.993. The molecule has 8 heteroatoms. The summed E-state index contributed by atoms with van der Waals surface area (Å²) in [6.45, 7) is 0. The first kappa shape index (κ1) is 15.7. The van der Waals surface area contributed by atoms with Crippen molar-refractivity contribution in [2.75, 3.05) is 7.11 Å². The molecule has 0 radical (unpaired) electrons. The summed E-state index contributed by atoms with van der Waals surface area (Å²) in [4.78, 5) is 11.0. The quantitative estimate of drug-likeness (QED) is 0.837. The lowest BCUT2D eigenvalue weighted by molar-refractivity contribution is -0.156. The smallest absolute Gasteiger partial charge is 0.416 e. The second-order valence-electron chi connectivity index (χ2n) is 3.65. The van der Waals surface area contributed by atoms with Crippen molar-refractivity contribution >= 4 is 17.6 Å². The molecule has 0 bridgehead atoms. The monoisotopic (exact) mass is 298 g/mol. The van der Waals surface area contributed by atoms with Gasteiger partial charge < -0.3 is 14.9 Å². The molecular formula is C11H10ClF3O4. The van der Waals surface area contributed by atoms with Gasteiger partial charge in [-0.3, -0.25) is 0 Å². The molecule has 0 heterocycles. The molecule has 0 aliphatic heterocycles. The molecule has 0 saturated carbocycles. The molecule has 1 rings (SSSR count). The number of aliphatic hydroxyl groups is 2. The maximum absolute atomic E-state index is 12.4. The fourth-order valence-corrected chi connectivity index (χ4v) is 1.66. The van der Waals surface area contributed by atoms with Crippen molar-refractivity contribution in [1.82, 2.24) is 0 Å². The van der Waals surface area contributed by atoms with E-state index in [9.17, 15) is 28.2 Å². The Morgan fingerprint density at radius 2 is 1.95 bits per heavy atom. The SMILES string of the molecule is COC(=O)C(O)C(O)c1ccc(C(F)(F)F)cc1Cl. The van der Waals surface area contributed by atoms with Crippen LogP contribution in [0.5, 0.6) is 0 Å². The van der Waals surface area contributed by atoms with Crippen LogP contribution in [0.1, 0.15) is 17.2 Å². The topological polar surface area (TPSA) is 66.8 Å². The highest BCUT2D eigenvalue weighted by Crippen LogP contribution is 2.34. The van der Waals surface area contributed by atoms with Gasteiger partial charge in [0, 0.05) is 10.6 Å². The minimum absolute atomic E-state index is 0.201. The van der Waals surface area contributed by atoms with Crippen molar-refractivity contribution in [2.45, 2.75) is 18.4 Å². The number of carbonyl (C=O) groups excluding carboxylic acids is 1. The molecule has 0 spiro atoms. The zero-order valence-electron chi connectivity index (χ0n) is 9.61. The van der Waals surface area contributed by atoms with E-state index in [0.29, 0.717) is 12.1 Å². The van der Waals surface area contributed by atoms with Gasteiger partial charge >= 0.3 is 12.1 Å². The number of carbonyl (C=O) groups is 1. The standard InChI is InChI=1S/C11H10ClF3O4/c1-19-10(18)9(17)8(16)6-3-2-5(4-7(6)12)11(13,14)15/h2-4,8-9,16-17H,1H3. The zero-order chi connectivity index (χ0) is 14.8. The van der Waals surface area contributed by atoms with Crippen LogP contribution in [0.2, 0.25) is 5.02 Å². The maximum Gasteiger partial charge on any atom is 0.416 e. The van der Waals surface area contributed by atoms with Crippen LogP contribution in [0.3, 0.4) is 0 Å². The van der Waals surface area contributed by atoms with Crippen molar-refractivity contribution < 1.29 is 32.9 Å². The number of alkyl halides is 3. The number of benzene rings is 1. The largest absolute Gasteiger partial charge is 0.467 e. The van der Waals surface area contributed by atoms with Crippen molar-refractivity contribution in [3.05, 3.63) is 34.3 Å². The van der Waals surface area contributed by atoms with E-state index in [2.05, 4.69) is 4.74 Å². The Morgan fingerprint density at radius 3 is 2.37 bits per heavy atom. The Morgan fingerprint density at radius 1 is 1.37 bits per heavy atom. The second-order valence-corrected chi connectivity index (χ2v) is 4.05. The highest BCUT2D eigenvalue weighted by molar-refractivity contribution is 6.31. The predicted molar refractivity (Wildman–Crippen MR) is 59.4 cm³/mol. The van der Waals surface area contributed by atoms with Gasteiger partial charge in [0.15, 0.2) is 6.10 Å². The number of hydrogen-bond donors (Lipinski definition) is 2. The summed E-state index contributed by atoms with van der Waals surface area (Å²) in [6, 6.07) is 2.18. The van der Waals surface area contributed by atoms with Crippen molar-refractivity contribution in [3.8, 4) is 0 Å². The van der Waals surface area contributed by atoms with Crippen molar-refractivity contribution in [3.63, 3.8) is 0 Å². The highest BCUT2D eigenvalue weighted by atomic mass is 35.5. The third-order valence-electron chi connectivity index (χ3n) is 2.39. The van der Waals surface area contributed by atoms with Gasteiger partial charge in [-0.1, -0.05) is 17.7 Å². The molecule has 0 aliphatic rings. The van der Waals surface area contributed by atoms with Gasteiger partial charge in [-0.05, 0) is 12.1 Å². The first-order valence-electron chi connectivity index (χ1n) is 4.99. The van der Waals surface area contributed by atoms with Gasteiger partial charge in [-0.25, -0.2) is 4.79 Å². The molecule has 19 heavy (non-hydrogen) atoms. The zero-order valence-corrected chi connectivity index (χ0v) is 10.4. The Kier molecular flexibility index (Phi) is 4.78. The van der Waals surface area contributed by atoms with Crippen LogP contribution in [-0.2, 0) is 15.7 Å². The summed E-state index contributed by atoms with van der Waals surface area (Å²) >= 11 is 5.60. The number of rotatable bonds is 3. The van der Waals surface area contributed by atoms with Crippen LogP contribution in [0.4, 0.5) is 13.2 Å². The van der Waals surface area contributed by atoms with E-state index >= 15 is 0 Å². The Bertz CT molecular complexity index is 475. The summed E-state index contributed by atoms with van der Waals surface area (Å²) in [6.07, 6.45) is -8.28. The molecule has 0 aliphatic carbocycles. The number of halogens is 4. The van der Waals surface area contributed by atoms with Crippen LogP contribution >= 0.6 is 11.6 Å². The van der Waals surface area contributed by atoms with Crippen LogP contribution < -0.4 is 0 Å². The maximum atomic E-state index is 12.4. The summed E-state index contributed by atoms with van der Waals surface area (Å²) < 4.78 is 41.4. The first-order valence-corrected chi connectivity index (χ1v) is 5.37.